The van der Waals surface area contributed by atoms with Crippen LogP contribution >= 0.6 is 11.6 Å². The van der Waals surface area contributed by atoms with Crippen molar-refractivity contribution in [2.45, 2.75) is 0 Å². The molecule has 0 saturated carbocycles. The highest BCUT2D eigenvalue weighted by Crippen LogP contribution is 2.23. The van der Waals surface area contributed by atoms with Crippen molar-refractivity contribution in [3.8, 4) is 5.75 Å². The number of halogens is 1. The van der Waals surface area contributed by atoms with Crippen LogP contribution in [-0.2, 0) is 0 Å². The average molecular weight is 227 g/mol. The third-order valence-corrected chi connectivity index (χ3v) is 1.98. The fraction of sp³-hybridized carbons (Fsp3) is 0.182. The lowest BCUT2D eigenvalue weighted by atomic mass is 10.1. The number of carbonyl (C=O) groups is 1. The van der Waals surface area contributed by atoms with Gasteiger partial charge in [-0.05, 0) is 18.2 Å². The molecule has 0 bridgehead atoms. The Kier molecular flexibility index (Phi) is 4.34. The van der Waals surface area contributed by atoms with E-state index >= 15 is 0 Å². The molecule has 0 amide bonds. The second kappa shape index (κ2) is 5.53. The van der Waals surface area contributed by atoms with Crippen molar-refractivity contribution in [2.24, 2.45) is 0 Å². The smallest absolute Gasteiger partial charge is 0.191 e. The zero-order chi connectivity index (χ0) is 11.3. The van der Waals surface area contributed by atoms with E-state index in [9.17, 15) is 4.79 Å². The SMILES string of the molecule is C=CCOc1ccc(Cl)cc1C(=O)CO. The Bertz CT molecular complexity index is 374. The van der Waals surface area contributed by atoms with Gasteiger partial charge in [-0.15, -0.1) is 0 Å². The lowest BCUT2D eigenvalue weighted by molar-refractivity contribution is 0.0900. The molecule has 80 valence electrons. The summed E-state index contributed by atoms with van der Waals surface area (Å²) in [5, 5.41) is 9.19. The standard InChI is InChI=1S/C11H11ClO3/c1-2-5-15-11-4-3-8(12)6-9(11)10(14)7-13/h2-4,6,13H,1,5,7H2. The third-order valence-electron chi connectivity index (χ3n) is 1.74. The van der Waals surface area contributed by atoms with E-state index in [-0.39, 0.29) is 5.56 Å². The second-order valence-corrected chi connectivity index (χ2v) is 3.26. The summed E-state index contributed by atoms with van der Waals surface area (Å²) in [6, 6.07) is 4.68. The molecule has 0 unspecified atom stereocenters. The average Bonchev–Trinajstić information content (AvgIpc) is 2.26. The number of ketones is 1. The molecule has 0 spiro atoms. The number of aliphatic hydroxyl groups is 1. The van der Waals surface area contributed by atoms with E-state index in [0.29, 0.717) is 17.4 Å². The number of aliphatic hydroxyl groups excluding tert-OH is 1. The summed E-state index contributed by atoms with van der Waals surface area (Å²) < 4.78 is 5.26. The monoisotopic (exact) mass is 226 g/mol. The molecule has 1 aromatic rings. The maximum atomic E-state index is 11.3. The molecule has 0 radical (unpaired) electrons. The molecule has 0 aliphatic carbocycles. The second-order valence-electron chi connectivity index (χ2n) is 2.82. The normalized spacial score (nSPS) is 9.73. The van der Waals surface area contributed by atoms with Crippen molar-refractivity contribution in [3.05, 3.63) is 41.4 Å². The molecule has 0 heterocycles. The van der Waals surface area contributed by atoms with Crippen LogP contribution in [0.3, 0.4) is 0 Å². The Hall–Kier alpha value is -1.32. The van der Waals surface area contributed by atoms with E-state index in [2.05, 4.69) is 6.58 Å². The summed E-state index contributed by atoms with van der Waals surface area (Å²) in [7, 11) is 0. The van der Waals surface area contributed by atoms with Crippen LogP contribution in [0, 0.1) is 0 Å². The van der Waals surface area contributed by atoms with Gasteiger partial charge in [0.25, 0.3) is 0 Å². The predicted octanol–water partition coefficient (Wildman–Crippen LogP) is 2.08. The number of benzene rings is 1. The minimum absolute atomic E-state index is 0.284. The van der Waals surface area contributed by atoms with Crippen LogP contribution in [-0.4, -0.2) is 24.1 Å². The molecular weight excluding hydrogens is 216 g/mol. The van der Waals surface area contributed by atoms with Gasteiger partial charge in [-0.2, -0.15) is 0 Å². The van der Waals surface area contributed by atoms with E-state index in [1.807, 2.05) is 0 Å². The maximum Gasteiger partial charge on any atom is 0.191 e. The largest absolute Gasteiger partial charge is 0.489 e. The first kappa shape index (κ1) is 11.8. The van der Waals surface area contributed by atoms with Gasteiger partial charge < -0.3 is 9.84 Å². The van der Waals surface area contributed by atoms with Crippen LogP contribution in [0.5, 0.6) is 5.75 Å². The summed E-state index contributed by atoms with van der Waals surface area (Å²) in [6.07, 6.45) is 1.57. The summed E-state index contributed by atoms with van der Waals surface area (Å²) >= 11 is 5.74. The molecule has 0 fully saturated rings. The van der Waals surface area contributed by atoms with Crippen LogP contribution in [0.15, 0.2) is 30.9 Å². The molecule has 1 aromatic carbocycles. The first-order chi connectivity index (χ1) is 7.19. The van der Waals surface area contributed by atoms with Crippen LogP contribution in [0.2, 0.25) is 5.02 Å². The third kappa shape index (κ3) is 3.08. The molecule has 0 aliphatic rings. The number of Topliss-reactive ketones (excluding diaryl/α,β-unsaturated/α-hetero) is 1. The zero-order valence-electron chi connectivity index (χ0n) is 8.07. The molecule has 1 rings (SSSR count). The summed E-state index contributed by atoms with van der Waals surface area (Å²) in [5.74, 6) is -0.0186. The lowest BCUT2D eigenvalue weighted by Gasteiger charge is -2.08. The van der Waals surface area contributed by atoms with Gasteiger partial charge in [0.1, 0.15) is 19.0 Å². The summed E-state index contributed by atoms with van der Waals surface area (Å²) in [5.41, 5.74) is 0.284. The molecule has 3 nitrogen and oxygen atoms in total. The Morgan fingerprint density at radius 2 is 2.33 bits per heavy atom. The van der Waals surface area contributed by atoms with Gasteiger partial charge in [0.2, 0.25) is 0 Å². The van der Waals surface area contributed by atoms with Gasteiger partial charge in [-0.1, -0.05) is 24.3 Å². The minimum atomic E-state index is -0.565. The topological polar surface area (TPSA) is 46.5 Å². The fourth-order valence-corrected chi connectivity index (χ4v) is 1.25. The van der Waals surface area contributed by atoms with Crippen molar-refractivity contribution in [3.63, 3.8) is 0 Å². The Morgan fingerprint density at radius 1 is 1.60 bits per heavy atom. The number of carbonyl (C=O) groups excluding carboxylic acids is 1. The van der Waals surface area contributed by atoms with Gasteiger partial charge in [-0.25, -0.2) is 0 Å². The Morgan fingerprint density at radius 3 is 2.93 bits per heavy atom. The molecule has 0 atom stereocenters. The lowest BCUT2D eigenvalue weighted by Crippen LogP contribution is -2.07. The number of hydrogen-bond donors (Lipinski definition) is 1. The highest BCUT2D eigenvalue weighted by atomic mass is 35.5. The van der Waals surface area contributed by atoms with Crippen LogP contribution in [0.4, 0.5) is 0 Å². The van der Waals surface area contributed by atoms with Crippen LogP contribution in [0.1, 0.15) is 10.4 Å². The molecule has 0 saturated heterocycles. The Balaban J connectivity index is 3.02. The molecule has 15 heavy (non-hydrogen) atoms. The fourth-order valence-electron chi connectivity index (χ4n) is 1.08. The van der Waals surface area contributed by atoms with E-state index in [1.165, 1.54) is 6.07 Å². The van der Waals surface area contributed by atoms with Crippen LogP contribution in [0.25, 0.3) is 0 Å². The number of rotatable bonds is 5. The van der Waals surface area contributed by atoms with Gasteiger partial charge >= 0.3 is 0 Å². The number of ether oxygens (including phenoxy) is 1. The van der Waals surface area contributed by atoms with Gasteiger partial charge in [-0.3, -0.25) is 4.79 Å². The highest BCUT2D eigenvalue weighted by Gasteiger charge is 2.11. The highest BCUT2D eigenvalue weighted by molar-refractivity contribution is 6.31. The summed E-state index contributed by atoms with van der Waals surface area (Å²) in [6.45, 7) is 3.24. The zero-order valence-corrected chi connectivity index (χ0v) is 8.83. The van der Waals surface area contributed by atoms with Crippen molar-refractivity contribution < 1.29 is 14.6 Å². The molecular formula is C11H11ClO3. The van der Waals surface area contributed by atoms with Gasteiger partial charge in [0.05, 0.1) is 5.56 Å². The maximum absolute atomic E-state index is 11.3. The molecule has 1 N–H and O–H groups in total. The van der Waals surface area contributed by atoms with E-state index in [1.54, 1.807) is 18.2 Å². The van der Waals surface area contributed by atoms with E-state index < -0.39 is 12.4 Å². The van der Waals surface area contributed by atoms with Crippen molar-refractivity contribution in [1.82, 2.24) is 0 Å². The molecule has 0 aliphatic heterocycles. The molecule has 0 aromatic heterocycles. The predicted molar refractivity (Wildman–Crippen MR) is 58.6 cm³/mol. The van der Waals surface area contributed by atoms with Crippen molar-refractivity contribution in [2.75, 3.05) is 13.2 Å². The Labute approximate surface area is 92.9 Å². The minimum Gasteiger partial charge on any atom is -0.489 e. The van der Waals surface area contributed by atoms with E-state index in [4.69, 9.17) is 21.4 Å². The summed E-state index contributed by atoms with van der Waals surface area (Å²) in [4.78, 5) is 11.3. The van der Waals surface area contributed by atoms with Crippen molar-refractivity contribution in [1.29, 1.82) is 0 Å². The van der Waals surface area contributed by atoms with E-state index in [0.717, 1.165) is 0 Å². The van der Waals surface area contributed by atoms with Gasteiger partial charge in [0.15, 0.2) is 5.78 Å². The quantitative estimate of drug-likeness (QED) is 0.618. The van der Waals surface area contributed by atoms with Crippen molar-refractivity contribution >= 4 is 17.4 Å². The number of hydrogen-bond acceptors (Lipinski definition) is 3. The van der Waals surface area contributed by atoms with Crippen LogP contribution < -0.4 is 4.74 Å². The molecule has 4 heteroatoms. The first-order valence-electron chi connectivity index (χ1n) is 4.36. The first-order valence-corrected chi connectivity index (χ1v) is 4.74. The van der Waals surface area contributed by atoms with Gasteiger partial charge in [0, 0.05) is 5.02 Å².